The summed E-state index contributed by atoms with van der Waals surface area (Å²) in [7, 11) is 0. The number of rotatable bonds is 15. The van der Waals surface area contributed by atoms with E-state index in [1.165, 1.54) is 0 Å². The number of aromatic nitrogens is 6. The molecule has 0 unspecified atom stereocenters. The van der Waals surface area contributed by atoms with Crippen LogP contribution in [0.2, 0.25) is 0 Å². The van der Waals surface area contributed by atoms with Crippen LogP contribution in [0.1, 0.15) is 75.2 Å². The largest absolute Gasteiger partial charge is 0.488 e. The number of amides is 5. The first-order chi connectivity index (χ1) is 41.5. The van der Waals surface area contributed by atoms with Crippen molar-refractivity contribution in [2.24, 2.45) is 0 Å². The Labute approximate surface area is 519 Å². The summed E-state index contributed by atoms with van der Waals surface area (Å²) in [5.74, 6) is 2.78. The van der Waals surface area contributed by atoms with Gasteiger partial charge in [-0.3, -0.25) is 20.2 Å². The molecule has 6 aromatic carbocycles. The van der Waals surface area contributed by atoms with Crippen LogP contribution in [0.15, 0.2) is 170 Å². The van der Waals surface area contributed by atoms with Crippen molar-refractivity contribution in [3.8, 4) is 22.9 Å². The Morgan fingerprint density at radius 3 is 1.32 bits per heavy atom. The number of halogens is 3. The summed E-state index contributed by atoms with van der Waals surface area (Å²) in [5.41, 5.74) is 14.2. The fraction of sp³-hybridized carbons (Fsp3) is 0.212. The molecule has 448 valence electrons. The molecule has 0 radical (unpaired) electrons. The molecule has 0 spiro atoms. The molecule has 4 aromatic heterocycles. The smallest absolute Gasteiger partial charge is 0.324 e. The van der Waals surface area contributed by atoms with Gasteiger partial charge in [0.05, 0.1) is 40.0 Å². The van der Waals surface area contributed by atoms with Gasteiger partial charge in [-0.15, -0.1) is 23.2 Å². The minimum atomic E-state index is -0.508. The number of aryl methyl sites for hydroxylation is 2. The lowest BCUT2D eigenvalue weighted by atomic mass is 9.92. The van der Waals surface area contributed by atoms with Gasteiger partial charge in [0.2, 0.25) is 11.1 Å². The topological polar surface area (TPSA) is 234 Å². The molecule has 4 heterocycles. The summed E-state index contributed by atoms with van der Waals surface area (Å²) in [6.07, 6.45) is 3.26. The molecule has 0 aliphatic carbocycles. The van der Waals surface area contributed by atoms with Gasteiger partial charge in [-0.05, 0) is 109 Å². The summed E-state index contributed by atoms with van der Waals surface area (Å²) in [5, 5.41) is 27.1. The van der Waals surface area contributed by atoms with Crippen molar-refractivity contribution < 1.29 is 28.7 Å². The third-order valence-corrected chi connectivity index (χ3v) is 14.0. The highest BCUT2D eigenvalue weighted by Crippen LogP contribution is 2.35. The normalized spacial score (nSPS) is 11.1. The maximum Gasteiger partial charge on any atom is 0.324 e. The Bertz CT molecular complexity index is 4060. The number of alkyl halides is 2. The van der Waals surface area contributed by atoms with Gasteiger partial charge in [-0.2, -0.15) is 10.2 Å². The van der Waals surface area contributed by atoms with Gasteiger partial charge in [-0.25, -0.2) is 28.9 Å². The maximum absolute atomic E-state index is 13.3. The van der Waals surface area contributed by atoms with Crippen molar-refractivity contribution in [3.05, 3.63) is 204 Å². The van der Waals surface area contributed by atoms with E-state index in [0.717, 1.165) is 66.6 Å². The standard InChI is InChI=1S/C33H33ClN6O3.C31H32N6O2.C2H2Cl2O/c1-21-9-11-23(12-10-21)40-30(18-28(39-40)33(2,3)4)38-32(42)36-26-13-14-27(25-8-6-5-7-24(25)26)43-20-22-15-16-35-29(17-22)37-31(41)19-34;1-20-9-11-22(12-10-20)37-29(18-27(36-37)31(2,3)4)35-30(38)34-25-13-14-26(24-8-6-5-7-23(24)25)39-19-21-15-16-33-28(32)17-21;3-1-2(4)5/h5-18H,19-20H2,1-4H3,(H,35,37,41)(H2,36,38,42);5-18H,19H2,1-4H3,(H2,32,33)(H2,34,35,38);1H2. The number of nitrogen functional groups attached to an aromatic ring is 1. The summed E-state index contributed by atoms with van der Waals surface area (Å²) in [6.45, 7) is 17.2. The van der Waals surface area contributed by atoms with E-state index in [9.17, 15) is 19.2 Å². The number of anilines is 6. The van der Waals surface area contributed by atoms with Crippen molar-refractivity contribution in [1.29, 1.82) is 0 Å². The highest BCUT2D eigenvalue weighted by atomic mass is 35.5. The second kappa shape index (κ2) is 28.6. The molecule has 0 fully saturated rings. The zero-order chi connectivity index (χ0) is 62.4. The molecule has 5 amide bonds. The molecule has 0 aliphatic heterocycles. The van der Waals surface area contributed by atoms with E-state index >= 15 is 0 Å². The van der Waals surface area contributed by atoms with Crippen molar-refractivity contribution in [2.75, 3.05) is 44.1 Å². The van der Waals surface area contributed by atoms with Crippen LogP contribution < -0.4 is 41.8 Å². The number of benzene rings is 6. The Kier molecular flexibility index (Phi) is 20.9. The monoisotopic (exact) mass is 1230 g/mol. The van der Waals surface area contributed by atoms with E-state index in [1.54, 1.807) is 33.9 Å². The van der Waals surface area contributed by atoms with Crippen LogP contribution in [0.25, 0.3) is 32.9 Å². The molecule has 21 heteroatoms. The third-order valence-electron chi connectivity index (χ3n) is 13.2. The second-order valence-corrected chi connectivity index (χ2v) is 23.1. The maximum atomic E-state index is 13.3. The predicted molar refractivity (Wildman–Crippen MR) is 350 cm³/mol. The molecule has 7 N–H and O–H groups in total. The molecule has 0 saturated carbocycles. The number of pyridine rings is 2. The van der Waals surface area contributed by atoms with Crippen LogP contribution in [-0.4, -0.2) is 64.5 Å². The lowest BCUT2D eigenvalue weighted by Gasteiger charge is -2.15. The number of nitrogens with one attached hydrogen (secondary N) is 5. The quantitative estimate of drug-likeness (QED) is 0.0417. The van der Waals surface area contributed by atoms with Crippen molar-refractivity contribution >= 4 is 114 Å². The van der Waals surface area contributed by atoms with Gasteiger partial charge in [-0.1, -0.05) is 125 Å². The molecule has 10 aromatic rings. The Morgan fingerprint density at radius 1 is 0.506 bits per heavy atom. The van der Waals surface area contributed by atoms with E-state index in [0.29, 0.717) is 52.8 Å². The summed E-state index contributed by atoms with van der Waals surface area (Å²) >= 11 is 15.1. The van der Waals surface area contributed by atoms with Crippen LogP contribution >= 0.6 is 34.8 Å². The number of urea groups is 2. The average molecular weight is 1230 g/mol. The number of nitrogens with zero attached hydrogens (tertiary/aromatic N) is 6. The molecule has 0 atom stereocenters. The number of hydrogen-bond acceptors (Lipinski definition) is 11. The Hall–Kier alpha value is -9.49. The SMILES string of the molecule is Cc1ccc(-n2nc(C(C)(C)C)cc2NC(=O)Nc2ccc(OCc3ccnc(N)c3)c3ccccc23)cc1.Cc1ccc(-n2nc(C(C)(C)C)cc2NC(=O)Nc2ccc(OCc3ccnc(NC(=O)CCl)c3)c3ccccc23)cc1.O=C(Cl)CCl. The fourth-order valence-corrected chi connectivity index (χ4v) is 8.77. The molecule has 0 saturated heterocycles. The number of nitrogens with two attached hydrogens (primary N) is 1. The van der Waals surface area contributed by atoms with E-state index in [2.05, 4.69) is 78.1 Å². The zero-order valence-corrected chi connectivity index (χ0v) is 51.6. The Balaban J connectivity index is 0.000000210. The highest BCUT2D eigenvalue weighted by Gasteiger charge is 2.24. The van der Waals surface area contributed by atoms with Crippen molar-refractivity contribution in [2.45, 2.75) is 79.4 Å². The van der Waals surface area contributed by atoms with Crippen molar-refractivity contribution in [3.63, 3.8) is 0 Å². The van der Waals surface area contributed by atoms with Crippen molar-refractivity contribution in [1.82, 2.24) is 29.5 Å². The first-order valence-electron chi connectivity index (χ1n) is 27.6. The third kappa shape index (κ3) is 17.3. The lowest BCUT2D eigenvalue weighted by molar-refractivity contribution is -0.114. The van der Waals surface area contributed by atoms with Crippen LogP contribution in [0.3, 0.4) is 0 Å². The van der Waals surface area contributed by atoms with Crippen LogP contribution in [0.5, 0.6) is 11.5 Å². The number of fused-ring (bicyclic) bond motifs is 2. The van der Waals surface area contributed by atoms with Crippen LogP contribution in [-0.2, 0) is 33.6 Å². The van der Waals surface area contributed by atoms with E-state index < -0.39 is 11.3 Å². The number of ether oxygens (including phenoxy) is 2. The lowest BCUT2D eigenvalue weighted by Crippen LogP contribution is -2.21. The molecule has 0 bridgehead atoms. The summed E-state index contributed by atoms with van der Waals surface area (Å²) in [6, 6.07) is 49.1. The molecule has 87 heavy (non-hydrogen) atoms. The minimum absolute atomic E-state index is 0.0957. The van der Waals surface area contributed by atoms with Gasteiger partial charge in [0, 0.05) is 56.9 Å². The summed E-state index contributed by atoms with van der Waals surface area (Å²) < 4.78 is 15.8. The molecular formula is C66H67Cl3N12O6. The number of carbonyl (C=O) groups is 4. The number of carbonyl (C=O) groups excluding carboxylic acids is 4. The second-order valence-electron chi connectivity index (χ2n) is 22.2. The van der Waals surface area contributed by atoms with Gasteiger partial charge in [0.25, 0.3) is 0 Å². The molecular weight excluding hydrogens is 1160 g/mol. The van der Waals surface area contributed by atoms with E-state index in [-0.39, 0.29) is 41.1 Å². The Morgan fingerprint density at radius 2 is 0.920 bits per heavy atom. The first-order valence-corrected chi connectivity index (χ1v) is 29.1. The molecule has 0 aliphatic rings. The first kappa shape index (κ1) is 63.5. The fourth-order valence-electron chi connectivity index (χ4n) is 8.71. The van der Waals surface area contributed by atoms with E-state index in [4.69, 9.17) is 60.2 Å². The average Bonchev–Trinajstić information content (AvgIpc) is 2.59. The van der Waals surface area contributed by atoms with Crippen LogP contribution in [0, 0.1) is 13.8 Å². The highest BCUT2D eigenvalue weighted by molar-refractivity contribution is 6.67. The van der Waals surface area contributed by atoms with Crippen LogP contribution in [0.4, 0.5) is 44.2 Å². The molecule has 10 rings (SSSR count). The predicted octanol–water partition coefficient (Wildman–Crippen LogP) is 15.2. The molecule has 18 nitrogen and oxygen atoms in total. The van der Waals surface area contributed by atoms with Gasteiger partial charge in [0.15, 0.2) is 0 Å². The van der Waals surface area contributed by atoms with E-state index in [1.807, 2.05) is 159 Å². The minimum Gasteiger partial charge on any atom is -0.488 e. The van der Waals surface area contributed by atoms with Gasteiger partial charge in [0.1, 0.15) is 53.9 Å². The zero-order valence-electron chi connectivity index (χ0n) is 49.3. The summed E-state index contributed by atoms with van der Waals surface area (Å²) in [4.78, 5) is 55.8. The number of hydrogen-bond donors (Lipinski definition) is 6. The van der Waals surface area contributed by atoms with Gasteiger partial charge < -0.3 is 31.2 Å². The van der Waals surface area contributed by atoms with Gasteiger partial charge >= 0.3 is 12.1 Å².